The Balaban J connectivity index is 1.48. The molecule has 5 aromatic rings. The number of H-pyrrole nitrogens is 2. The van der Waals surface area contributed by atoms with Crippen molar-refractivity contribution in [2.24, 2.45) is 0 Å². The highest BCUT2D eigenvalue weighted by atomic mass is 14.9. The normalized spacial score (nSPS) is 11.4. The van der Waals surface area contributed by atoms with E-state index < -0.39 is 0 Å². The number of nitrogens with one attached hydrogen (secondary N) is 2. The molecule has 28 heavy (non-hydrogen) atoms. The molecule has 0 spiro atoms. The van der Waals surface area contributed by atoms with Crippen molar-refractivity contribution in [1.82, 2.24) is 19.9 Å². The average Bonchev–Trinajstić information content (AvgIpc) is 3.42. The van der Waals surface area contributed by atoms with Gasteiger partial charge in [0.05, 0.1) is 29.3 Å². The minimum atomic E-state index is 0.884. The lowest BCUT2D eigenvalue weighted by molar-refractivity contribution is 1.31. The van der Waals surface area contributed by atoms with Crippen LogP contribution in [0.3, 0.4) is 0 Å². The van der Waals surface area contributed by atoms with Gasteiger partial charge in [0.15, 0.2) is 0 Å². The smallest absolute Gasteiger partial charge is 0.138 e. The molecule has 0 aliphatic carbocycles. The fraction of sp³-hybridized carbons (Fsp3) is 0. The molecule has 0 unspecified atom stereocenters. The number of imidazole rings is 2. The standard InChI is InChI=1S/C24H18N4/c1-2-9-20(23-15-25-16-26-23)18(7-1)13-12-17-6-5-8-19(14-17)24-27-21-10-3-4-11-22(21)28-24/h1-16H,(H,25,26)(H,27,28)/b13-12+. The van der Waals surface area contributed by atoms with Gasteiger partial charge < -0.3 is 9.97 Å². The number of fused-ring (bicyclic) bond motifs is 1. The quantitative estimate of drug-likeness (QED) is 0.398. The van der Waals surface area contributed by atoms with Gasteiger partial charge >= 0.3 is 0 Å². The van der Waals surface area contributed by atoms with E-state index in [1.54, 1.807) is 6.33 Å². The third kappa shape index (κ3) is 3.12. The summed E-state index contributed by atoms with van der Waals surface area (Å²) in [5.41, 5.74) is 7.50. The van der Waals surface area contributed by atoms with Crippen LogP contribution in [0.15, 0.2) is 85.3 Å². The summed E-state index contributed by atoms with van der Waals surface area (Å²) in [4.78, 5) is 15.4. The van der Waals surface area contributed by atoms with Gasteiger partial charge in [-0.05, 0) is 29.3 Å². The first-order valence-electron chi connectivity index (χ1n) is 9.18. The predicted molar refractivity (Wildman–Crippen MR) is 114 cm³/mol. The van der Waals surface area contributed by atoms with E-state index in [0.717, 1.165) is 44.8 Å². The van der Waals surface area contributed by atoms with Crippen molar-refractivity contribution in [3.8, 4) is 22.6 Å². The van der Waals surface area contributed by atoms with Crippen LogP contribution >= 0.6 is 0 Å². The Morgan fingerprint density at radius 3 is 2.61 bits per heavy atom. The minimum Gasteiger partial charge on any atom is -0.345 e. The summed E-state index contributed by atoms with van der Waals surface area (Å²) in [7, 11) is 0. The molecule has 0 atom stereocenters. The molecule has 3 aromatic carbocycles. The minimum absolute atomic E-state index is 0.884. The number of aromatic nitrogens is 4. The molecule has 5 rings (SSSR count). The summed E-state index contributed by atoms with van der Waals surface area (Å²) in [6.07, 6.45) is 7.80. The first-order chi connectivity index (χ1) is 13.9. The summed E-state index contributed by atoms with van der Waals surface area (Å²) >= 11 is 0. The number of hydrogen-bond acceptors (Lipinski definition) is 2. The van der Waals surface area contributed by atoms with Crippen molar-refractivity contribution in [3.05, 3.63) is 96.4 Å². The molecule has 0 aliphatic rings. The zero-order chi connectivity index (χ0) is 18.8. The van der Waals surface area contributed by atoms with Gasteiger partial charge in [0, 0.05) is 11.1 Å². The maximum Gasteiger partial charge on any atom is 0.138 e. The lowest BCUT2D eigenvalue weighted by Crippen LogP contribution is -1.83. The van der Waals surface area contributed by atoms with Crippen LogP contribution in [0.1, 0.15) is 11.1 Å². The molecule has 2 N–H and O–H groups in total. The van der Waals surface area contributed by atoms with E-state index in [9.17, 15) is 0 Å². The van der Waals surface area contributed by atoms with E-state index in [-0.39, 0.29) is 0 Å². The summed E-state index contributed by atoms with van der Waals surface area (Å²) in [5, 5.41) is 0. The third-order valence-corrected chi connectivity index (χ3v) is 4.75. The maximum absolute atomic E-state index is 4.70. The number of hydrogen-bond donors (Lipinski definition) is 2. The Morgan fingerprint density at radius 1 is 0.821 bits per heavy atom. The van der Waals surface area contributed by atoms with Crippen molar-refractivity contribution < 1.29 is 0 Å². The van der Waals surface area contributed by atoms with E-state index in [0.29, 0.717) is 0 Å². The first kappa shape index (κ1) is 16.3. The fourth-order valence-electron chi connectivity index (χ4n) is 3.36. The highest BCUT2D eigenvalue weighted by Gasteiger charge is 2.06. The SMILES string of the molecule is C(=C\c1ccccc1-c1cnc[nH]1)/c1cccc(-c2nc3ccccc3[nH]2)c1. The molecule has 0 saturated carbocycles. The highest BCUT2D eigenvalue weighted by Crippen LogP contribution is 2.25. The van der Waals surface area contributed by atoms with E-state index in [2.05, 4.69) is 63.5 Å². The predicted octanol–water partition coefficient (Wildman–Crippen LogP) is 5.79. The molecule has 0 aliphatic heterocycles. The fourth-order valence-corrected chi connectivity index (χ4v) is 3.36. The molecule has 2 heterocycles. The van der Waals surface area contributed by atoms with Crippen molar-refractivity contribution in [3.63, 3.8) is 0 Å². The van der Waals surface area contributed by atoms with Gasteiger partial charge in [0.25, 0.3) is 0 Å². The second-order valence-electron chi connectivity index (χ2n) is 6.61. The molecule has 0 bridgehead atoms. The number of benzene rings is 3. The van der Waals surface area contributed by atoms with E-state index in [1.165, 1.54) is 0 Å². The van der Waals surface area contributed by atoms with Crippen molar-refractivity contribution >= 4 is 23.2 Å². The highest BCUT2D eigenvalue weighted by molar-refractivity contribution is 5.82. The van der Waals surface area contributed by atoms with Crippen molar-refractivity contribution in [1.29, 1.82) is 0 Å². The van der Waals surface area contributed by atoms with Crippen molar-refractivity contribution in [2.75, 3.05) is 0 Å². The topological polar surface area (TPSA) is 57.4 Å². The zero-order valence-corrected chi connectivity index (χ0v) is 15.1. The van der Waals surface area contributed by atoms with E-state index >= 15 is 0 Å². The molecular weight excluding hydrogens is 344 g/mol. The lowest BCUT2D eigenvalue weighted by atomic mass is 10.0. The molecular formula is C24H18N4. The summed E-state index contributed by atoms with van der Waals surface area (Å²) in [6, 6.07) is 24.7. The van der Waals surface area contributed by atoms with Crippen LogP contribution in [0.2, 0.25) is 0 Å². The molecule has 0 amide bonds. The van der Waals surface area contributed by atoms with Gasteiger partial charge in [-0.15, -0.1) is 0 Å². The molecule has 134 valence electrons. The van der Waals surface area contributed by atoms with Crippen molar-refractivity contribution in [2.45, 2.75) is 0 Å². The first-order valence-corrected chi connectivity index (χ1v) is 9.18. The van der Waals surface area contributed by atoms with Crippen LogP contribution in [0.4, 0.5) is 0 Å². The second kappa shape index (κ2) is 7.00. The Kier molecular flexibility index (Phi) is 4.07. The molecule has 4 heteroatoms. The number of aromatic amines is 2. The summed E-state index contributed by atoms with van der Waals surface area (Å²) in [6.45, 7) is 0. The number of nitrogens with zero attached hydrogens (tertiary/aromatic N) is 2. The van der Waals surface area contributed by atoms with Gasteiger partial charge in [0.1, 0.15) is 5.82 Å². The number of para-hydroxylation sites is 2. The average molecular weight is 362 g/mol. The van der Waals surface area contributed by atoms with Gasteiger partial charge in [-0.2, -0.15) is 0 Å². The van der Waals surface area contributed by atoms with Crippen LogP contribution in [-0.4, -0.2) is 19.9 Å². The monoisotopic (exact) mass is 362 g/mol. The third-order valence-electron chi connectivity index (χ3n) is 4.75. The number of rotatable bonds is 4. The van der Waals surface area contributed by atoms with E-state index in [4.69, 9.17) is 4.98 Å². The molecule has 0 radical (unpaired) electrons. The zero-order valence-electron chi connectivity index (χ0n) is 15.1. The lowest BCUT2D eigenvalue weighted by Gasteiger charge is -2.04. The Labute approximate surface area is 162 Å². The summed E-state index contributed by atoms with van der Waals surface area (Å²) < 4.78 is 0. The summed E-state index contributed by atoms with van der Waals surface area (Å²) in [5.74, 6) is 0.884. The van der Waals surface area contributed by atoms with Crippen LogP contribution in [-0.2, 0) is 0 Å². The van der Waals surface area contributed by atoms with Crippen LogP contribution in [0, 0.1) is 0 Å². The Bertz CT molecular complexity index is 1230. The second-order valence-corrected chi connectivity index (χ2v) is 6.61. The molecule has 0 fully saturated rings. The molecule has 2 aromatic heterocycles. The van der Waals surface area contributed by atoms with E-state index in [1.807, 2.05) is 42.6 Å². The van der Waals surface area contributed by atoms with Crippen LogP contribution in [0.5, 0.6) is 0 Å². The van der Waals surface area contributed by atoms with Gasteiger partial charge in [-0.3, -0.25) is 0 Å². The Morgan fingerprint density at radius 2 is 1.71 bits per heavy atom. The van der Waals surface area contributed by atoms with Gasteiger partial charge in [-0.25, -0.2) is 9.97 Å². The van der Waals surface area contributed by atoms with Gasteiger partial charge in [-0.1, -0.05) is 66.7 Å². The molecule has 4 nitrogen and oxygen atoms in total. The van der Waals surface area contributed by atoms with Crippen LogP contribution < -0.4 is 0 Å². The maximum atomic E-state index is 4.70. The van der Waals surface area contributed by atoms with Gasteiger partial charge in [0.2, 0.25) is 0 Å². The largest absolute Gasteiger partial charge is 0.345 e. The molecule has 0 saturated heterocycles. The Hall–Kier alpha value is -3.92. The van der Waals surface area contributed by atoms with Crippen LogP contribution in [0.25, 0.3) is 45.8 Å².